The molecule has 0 unspecified atom stereocenters. The number of hydrogen-bond donors (Lipinski definition) is 3. The number of alkyl carbamates (subject to hydrolysis) is 1. The molecule has 24 heavy (non-hydrogen) atoms. The monoisotopic (exact) mass is 340 g/mol. The van der Waals surface area contributed by atoms with Crippen molar-refractivity contribution >= 4 is 17.9 Å². The van der Waals surface area contributed by atoms with Crippen molar-refractivity contribution in [2.45, 2.75) is 45.7 Å². The Morgan fingerprint density at radius 2 is 2.08 bits per heavy atom. The van der Waals surface area contributed by atoms with E-state index >= 15 is 0 Å². The summed E-state index contributed by atoms with van der Waals surface area (Å²) in [7, 11) is 0. The van der Waals surface area contributed by atoms with E-state index in [-0.39, 0.29) is 29.3 Å². The van der Waals surface area contributed by atoms with E-state index in [1.165, 1.54) is 0 Å². The molecule has 2 aliphatic heterocycles. The van der Waals surface area contributed by atoms with E-state index in [1.807, 2.05) is 20.8 Å². The number of carbonyl (C=O) groups is 3. The molecule has 2 fully saturated rings. The maximum atomic E-state index is 12.5. The fraction of sp³-hybridized carbons (Fsp3) is 0.812. The van der Waals surface area contributed by atoms with Crippen molar-refractivity contribution in [1.29, 1.82) is 0 Å². The Kier molecular flexibility index (Phi) is 6.04. The van der Waals surface area contributed by atoms with Crippen LogP contribution in [0.1, 0.15) is 33.6 Å². The Balaban J connectivity index is 1.76. The predicted octanol–water partition coefficient (Wildman–Crippen LogP) is -0.162. The fourth-order valence-corrected chi connectivity index (χ4v) is 2.73. The molecule has 136 valence electrons. The van der Waals surface area contributed by atoms with E-state index in [2.05, 4.69) is 16.0 Å². The van der Waals surface area contributed by atoms with Gasteiger partial charge in [-0.1, -0.05) is 20.8 Å². The smallest absolute Gasteiger partial charge is 0.407 e. The predicted molar refractivity (Wildman–Crippen MR) is 88.3 cm³/mol. The van der Waals surface area contributed by atoms with Crippen molar-refractivity contribution in [3.8, 4) is 0 Å². The van der Waals surface area contributed by atoms with Gasteiger partial charge in [0.05, 0.1) is 12.6 Å². The second-order valence-corrected chi connectivity index (χ2v) is 7.60. The lowest BCUT2D eigenvalue weighted by Gasteiger charge is -2.23. The minimum atomic E-state index is -0.450. The van der Waals surface area contributed by atoms with Gasteiger partial charge in [0.2, 0.25) is 11.8 Å². The largest absolute Gasteiger partial charge is 0.449 e. The van der Waals surface area contributed by atoms with Crippen molar-refractivity contribution in [1.82, 2.24) is 20.9 Å². The number of carbonyl (C=O) groups excluding carboxylic acids is 3. The molecular weight excluding hydrogens is 312 g/mol. The molecule has 2 saturated heterocycles. The molecule has 2 heterocycles. The van der Waals surface area contributed by atoms with Crippen molar-refractivity contribution in [3.05, 3.63) is 0 Å². The van der Waals surface area contributed by atoms with Crippen LogP contribution in [0.5, 0.6) is 0 Å². The summed E-state index contributed by atoms with van der Waals surface area (Å²) in [5.74, 6) is -0.0373. The van der Waals surface area contributed by atoms with Crippen LogP contribution < -0.4 is 16.0 Å². The first kappa shape index (κ1) is 18.5. The molecule has 2 aliphatic rings. The molecule has 0 aliphatic carbocycles. The van der Waals surface area contributed by atoms with Crippen LogP contribution in [0.3, 0.4) is 0 Å². The molecule has 0 aromatic carbocycles. The third-order valence-corrected chi connectivity index (χ3v) is 4.01. The Morgan fingerprint density at radius 3 is 2.79 bits per heavy atom. The molecular formula is C16H28N4O4. The van der Waals surface area contributed by atoms with Crippen LogP contribution in [-0.2, 0) is 14.3 Å². The number of amides is 3. The van der Waals surface area contributed by atoms with Gasteiger partial charge in [-0.15, -0.1) is 0 Å². The summed E-state index contributed by atoms with van der Waals surface area (Å²) in [4.78, 5) is 37.4. The van der Waals surface area contributed by atoms with Crippen molar-refractivity contribution in [2.24, 2.45) is 5.41 Å². The highest BCUT2D eigenvalue weighted by atomic mass is 16.5. The third kappa shape index (κ3) is 5.67. The molecule has 0 bridgehead atoms. The van der Waals surface area contributed by atoms with Gasteiger partial charge in [-0.25, -0.2) is 4.79 Å². The van der Waals surface area contributed by atoms with E-state index < -0.39 is 6.09 Å². The lowest BCUT2D eigenvalue weighted by atomic mass is 9.99. The SMILES string of the molecule is CC(C)(C)COC(=O)N[C@H]1CN[C@H](C(=O)N2CCNC(=O)CC2)C1. The minimum absolute atomic E-state index is 0.0149. The van der Waals surface area contributed by atoms with Crippen LogP contribution in [0.2, 0.25) is 0 Å². The van der Waals surface area contributed by atoms with Crippen LogP contribution >= 0.6 is 0 Å². The number of nitrogens with one attached hydrogen (secondary N) is 3. The van der Waals surface area contributed by atoms with E-state index in [9.17, 15) is 14.4 Å². The summed E-state index contributed by atoms with van der Waals surface area (Å²) in [6, 6.07) is -0.454. The summed E-state index contributed by atoms with van der Waals surface area (Å²) in [5.41, 5.74) is -0.0813. The fourth-order valence-electron chi connectivity index (χ4n) is 2.73. The molecule has 8 heteroatoms. The number of nitrogens with zero attached hydrogens (tertiary/aromatic N) is 1. The van der Waals surface area contributed by atoms with Gasteiger partial charge in [-0.2, -0.15) is 0 Å². The lowest BCUT2D eigenvalue weighted by Crippen LogP contribution is -2.45. The Labute approximate surface area is 142 Å². The highest BCUT2D eigenvalue weighted by Gasteiger charge is 2.33. The molecule has 0 aromatic heterocycles. The second-order valence-electron chi connectivity index (χ2n) is 7.60. The van der Waals surface area contributed by atoms with Gasteiger partial charge < -0.3 is 25.6 Å². The van der Waals surface area contributed by atoms with Crippen LogP contribution in [0, 0.1) is 5.41 Å². The highest BCUT2D eigenvalue weighted by molar-refractivity contribution is 5.84. The molecule has 0 saturated carbocycles. The third-order valence-electron chi connectivity index (χ3n) is 4.01. The van der Waals surface area contributed by atoms with Gasteiger partial charge in [-0.05, 0) is 11.8 Å². The maximum absolute atomic E-state index is 12.5. The average Bonchev–Trinajstić information content (AvgIpc) is 2.84. The summed E-state index contributed by atoms with van der Waals surface area (Å²) < 4.78 is 5.19. The van der Waals surface area contributed by atoms with Crippen molar-refractivity contribution in [3.63, 3.8) is 0 Å². The van der Waals surface area contributed by atoms with Crippen LogP contribution in [-0.4, -0.2) is 67.7 Å². The number of rotatable bonds is 3. The van der Waals surface area contributed by atoms with Gasteiger partial charge >= 0.3 is 6.09 Å². The molecule has 3 N–H and O–H groups in total. The second kappa shape index (κ2) is 7.83. The first-order valence-electron chi connectivity index (χ1n) is 8.47. The van der Waals surface area contributed by atoms with Crippen LogP contribution in [0.25, 0.3) is 0 Å². The summed E-state index contributed by atoms with van der Waals surface area (Å²) in [6.45, 7) is 8.30. The van der Waals surface area contributed by atoms with E-state index in [0.29, 0.717) is 45.6 Å². The first-order valence-corrected chi connectivity index (χ1v) is 8.47. The van der Waals surface area contributed by atoms with E-state index in [4.69, 9.17) is 4.74 Å². The zero-order chi connectivity index (χ0) is 17.7. The molecule has 0 radical (unpaired) electrons. The molecule has 2 atom stereocenters. The van der Waals surface area contributed by atoms with Gasteiger partial charge in [0.15, 0.2) is 0 Å². The normalized spacial score (nSPS) is 25.0. The number of hydrogen-bond acceptors (Lipinski definition) is 5. The summed E-state index contributed by atoms with van der Waals surface area (Å²) in [6.07, 6.45) is 0.412. The van der Waals surface area contributed by atoms with Crippen molar-refractivity contribution in [2.75, 3.05) is 32.8 Å². The average molecular weight is 340 g/mol. The Hall–Kier alpha value is -1.83. The Morgan fingerprint density at radius 1 is 1.33 bits per heavy atom. The quantitative estimate of drug-likeness (QED) is 0.663. The molecule has 8 nitrogen and oxygen atoms in total. The zero-order valence-electron chi connectivity index (χ0n) is 14.7. The van der Waals surface area contributed by atoms with Gasteiger partial charge in [-0.3, -0.25) is 9.59 Å². The highest BCUT2D eigenvalue weighted by Crippen LogP contribution is 2.14. The summed E-state index contributed by atoms with van der Waals surface area (Å²) >= 11 is 0. The summed E-state index contributed by atoms with van der Waals surface area (Å²) in [5, 5.41) is 8.70. The molecule has 0 spiro atoms. The molecule has 3 amide bonds. The van der Waals surface area contributed by atoms with Gasteiger partial charge in [0.1, 0.15) is 0 Å². The van der Waals surface area contributed by atoms with E-state index in [0.717, 1.165) is 0 Å². The minimum Gasteiger partial charge on any atom is -0.449 e. The van der Waals surface area contributed by atoms with Crippen molar-refractivity contribution < 1.29 is 19.1 Å². The lowest BCUT2D eigenvalue weighted by molar-refractivity contribution is -0.133. The zero-order valence-corrected chi connectivity index (χ0v) is 14.7. The van der Waals surface area contributed by atoms with Gasteiger partial charge in [0, 0.05) is 38.6 Å². The molecule has 0 aromatic rings. The standard InChI is InChI=1S/C16H28N4O4/c1-16(2,3)10-24-15(23)19-11-8-12(18-9-11)14(22)20-6-4-13(21)17-5-7-20/h11-12,18H,4-10H2,1-3H3,(H,17,21)(H,19,23)/t11-,12+/m1/s1. The van der Waals surface area contributed by atoms with Gasteiger partial charge in [0.25, 0.3) is 0 Å². The molecule has 2 rings (SSSR count). The number of ether oxygens (including phenoxy) is 1. The Bertz CT molecular complexity index is 489. The van der Waals surface area contributed by atoms with Crippen LogP contribution in [0.4, 0.5) is 4.79 Å². The topological polar surface area (TPSA) is 99.8 Å². The van der Waals surface area contributed by atoms with E-state index in [1.54, 1.807) is 4.90 Å². The first-order chi connectivity index (χ1) is 11.2. The maximum Gasteiger partial charge on any atom is 0.407 e. The van der Waals surface area contributed by atoms with Crippen LogP contribution in [0.15, 0.2) is 0 Å².